The molecule has 48 valence electrons. The second-order valence-electron chi connectivity index (χ2n) is 1.62. The summed E-state index contributed by atoms with van der Waals surface area (Å²) in [5, 5.41) is 7.58. The first kappa shape index (κ1) is 7.95. The van der Waals surface area contributed by atoms with Crippen LogP contribution in [0.4, 0.5) is 0 Å². The van der Waals surface area contributed by atoms with Crippen molar-refractivity contribution in [1.29, 1.82) is 0 Å². The number of hydrogen-bond acceptors (Lipinski definition) is 3. The molecule has 0 aromatic heterocycles. The van der Waals surface area contributed by atoms with Crippen molar-refractivity contribution in [2.45, 2.75) is 13.0 Å². The Hall–Kier alpha value is -0.0500. The van der Waals surface area contributed by atoms with Crippen LogP contribution >= 0.6 is 11.8 Å². The van der Waals surface area contributed by atoms with Gasteiger partial charge in [0, 0.05) is 12.8 Å². The first-order valence-corrected chi connectivity index (χ1v) is 3.98. The van der Waals surface area contributed by atoms with E-state index in [1.54, 1.807) is 18.8 Å². The van der Waals surface area contributed by atoms with Gasteiger partial charge in [0.05, 0.1) is 6.04 Å². The maximum absolute atomic E-state index is 3.92. The van der Waals surface area contributed by atoms with Crippen molar-refractivity contribution >= 4 is 11.8 Å². The van der Waals surface area contributed by atoms with Gasteiger partial charge in [-0.05, 0) is 13.2 Å². The lowest BCUT2D eigenvalue weighted by atomic mass is 10.4. The average molecular weight is 132 g/mol. The summed E-state index contributed by atoms with van der Waals surface area (Å²) >= 11 is 1.80. The molecule has 1 atom stereocenters. The largest absolute Gasteiger partial charge is 0.197 e. The van der Waals surface area contributed by atoms with Crippen LogP contribution in [0.2, 0.25) is 0 Å². The molecule has 0 saturated heterocycles. The quantitative estimate of drug-likeness (QED) is 0.537. The summed E-state index contributed by atoms with van der Waals surface area (Å²) in [6.07, 6.45) is 2.07. The molecule has 0 rings (SSSR count). The molecule has 0 aliphatic rings. The summed E-state index contributed by atoms with van der Waals surface area (Å²) in [6, 6.07) is 0.384. The van der Waals surface area contributed by atoms with E-state index in [-0.39, 0.29) is 0 Å². The van der Waals surface area contributed by atoms with Gasteiger partial charge in [0.15, 0.2) is 0 Å². The van der Waals surface area contributed by atoms with Crippen LogP contribution in [0, 0.1) is 0 Å². The van der Waals surface area contributed by atoms with Crippen LogP contribution in [0.15, 0.2) is 10.2 Å². The van der Waals surface area contributed by atoms with Gasteiger partial charge < -0.3 is 0 Å². The number of thioether (sulfide) groups is 1. The molecule has 0 aliphatic carbocycles. The Morgan fingerprint density at radius 3 is 2.62 bits per heavy atom. The molecule has 0 amide bonds. The molecule has 0 spiro atoms. The van der Waals surface area contributed by atoms with Crippen molar-refractivity contribution in [3.63, 3.8) is 0 Å². The highest BCUT2D eigenvalue weighted by Gasteiger charge is 1.93. The molecule has 0 radical (unpaired) electrons. The summed E-state index contributed by atoms with van der Waals surface area (Å²) in [4.78, 5) is 0. The minimum atomic E-state index is 0.384. The van der Waals surface area contributed by atoms with Gasteiger partial charge in [-0.1, -0.05) is 0 Å². The summed E-state index contributed by atoms with van der Waals surface area (Å²) in [5.41, 5.74) is 0. The van der Waals surface area contributed by atoms with Crippen LogP contribution in [-0.4, -0.2) is 25.1 Å². The molecule has 0 N–H and O–H groups in total. The predicted octanol–water partition coefficient (Wildman–Crippen LogP) is 1.82. The molecule has 8 heavy (non-hydrogen) atoms. The molecule has 0 heterocycles. The second kappa shape index (κ2) is 5.09. The number of azo groups is 1. The highest BCUT2D eigenvalue weighted by molar-refractivity contribution is 7.98. The topological polar surface area (TPSA) is 24.7 Å². The Balaban J connectivity index is 3.17. The third-order valence-corrected chi connectivity index (χ3v) is 1.54. The number of nitrogens with zero attached hydrogens (tertiary/aromatic N) is 2. The average Bonchev–Trinajstić information content (AvgIpc) is 1.68. The van der Waals surface area contributed by atoms with Crippen LogP contribution in [0.3, 0.4) is 0 Å². The van der Waals surface area contributed by atoms with Crippen molar-refractivity contribution in [2.75, 3.05) is 19.1 Å². The van der Waals surface area contributed by atoms with E-state index in [0.29, 0.717) is 6.04 Å². The highest BCUT2D eigenvalue weighted by atomic mass is 32.2. The Kier molecular flexibility index (Phi) is 5.06. The fourth-order valence-corrected chi connectivity index (χ4v) is 1.02. The van der Waals surface area contributed by atoms with Crippen LogP contribution in [-0.2, 0) is 0 Å². The Morgan fingerprint density at radius 2 is 2.25 bits per heavy atom. The van der Waals surface area contributed by atoms with Gasteiger partial charge in [0.25, 0.3) is 0 Å². The molecule has 0 saturated carbocycles. The zero-order valence-electron chi connectivity index (χ0n) is 5.59. The maximum Gasteiger partial charge on any atom is 0.0770 e. The van der Waals surface area contributed by atoms with Crippen molar-refractivity contribution in [3.8, 4) is 0 Å². The molecular formula is C5H12N2S. The van der Waals surface area contributed by atoms with Gasteiger partial charge in [-0.3, -0.25) is 0 Å². The fraction of sp³-hybridized carbons (Fsp3) is 1.00. The van der Waals surface area contributed by atoms with Gasteiger partial charge in [0.1, 0.15) is 0 Å². The number of hydrogen-bond donors (Lipinski definition) is 0. The van der Waals surface area contributed by atoms with Crippen molar-refractivity contribution in [2.24, 2.45) is 10.2 Å². The predicted molar refractivity (Wildman–Crippen MR) is 38.6 cm³/mol. The maximum atomic E-state index is 3.92. The van der Waals surface area contributed by atoms with Crippen molar-refractivity contribution < 1.29 is 0 Å². The number of rotatable bonds is 3. The van der Waals surface area contributed by atoms with Gasteiger partial charge in [-0.2, -0.15) is 22.0 Å². The lowest BCUT2D eigenvalue weighted by molar-refractivity contribution is 0.778. The molecule has 0 aliphatic heterocycles. The smallest absolute Gasteiger partial charge is 0.0770 e. The molecule has 2 nitrogen and oxygen atoms in total. The third kappa shape index (κ3) is 4.12. The summed E-state index contributed by atoms with van der Waals surface area (Å²) in [5.74, 6) is 1.07. The molecule has 0 aromatic carbocycles. The Labute approximate surface area is 54.8 Å². The fourth-order valence-electron chi connectivity index (χ4n) is 0.472. The molecule has 3 heteroatoms. The zero-order valence-corrected chi connectivity index (χ0v) is 6.40. The summed E-state index contributed by atoms with van der Waals surface area (Å²) < 4.78 is 0. The minimum Gasteiger partial charge on any atom is -0.197 e. The highest BCUT2D eigenvalue weighted by Crippen LogP contribution is 1.99. The van der Waals surface area contributed by atoms with E-state index in [9.17, 15) is 0 Å². The van der Waals surface area contributed by atoms with Gasteiger partial charge >= 0.3 is 0 Å². The van der Waals surface area contributed by atoms with Crippen molar-refractivity contribution in [1.82, 2.24) is 0 Å². The molecular weight excluding hydrogens is 120 g/mol. The van der Waals surface area contributed by atoms with E-state index in [0.717, 1.165) is 5.75 Å². The van der Waals surface area contributed by atoms with Crippen LogP contribution < -0.4 is 0 Å². The SMILES string of the molecule is CN=NC(C)CSC. The van der Waals surface area contributed by atoms with E-state index >= 15 is 0 Å². The zero-order chi connectivity index (χ0) is 6.41. The van der Waals surface area contributed by atoms with Gasteiger partial charge in [-0.25, -0.2) is 0 Å². The molecule has 0 fully saturated rings. The lowest BCUT2D eigenvalue weighted by Gasteiger charge is -1.97. The Morgan fingerprint density at radius 1 is 1.62 bits per heavy atom. The van der Waals surface area contributed by atoms with E-state index in [2.05, 4.69) is 23.4 Å². The van der Waals surface area contributed by atoms with Crippen LogP contribution in [0.25, 0.3) is 0 Å². The van der Waals surface area contributed by atoms with Crippen LogP contribution in [0.5, 0.6) is 0 Å². The molecule has 1 unspecified atom stereocenters. The summed E-state index contributed by atoms with van der Waals surface area (Å²) in [7, 11) is 1.71. The van der Waals surface area contributed by atoms with Crippen molar-refractivity contribution in [3.05, 3.63) is 0 Å². The normalized spacial score (nSPS) is 14.9. The summed E-state index contributed by atoms with van der Waals surface area (Å²) in [6.45, 7) is 2.06. The van der Waals surface area contributed by atoms with Crippen LogP contribution in [0.1, 0.15) is 6.92 Å². The first-order valence-electron chi connectivity index (χ1n) is 2.59. The monoisotopic (exact) mass is 132 g/mol. The molecule has 0 bridgehead atoms. The second-order valence-corrected chi connectivity index (χ2v) is 2.53. The lowest BCUT2D eigenvalue weighted by Crippen LogP contribution is -1.98. The first-order chi connectivity index (χ1) is 3.81. The Bertz CT molecular complexity index is 72.8. The van der Waals surface area contributed by atoms with Gasteiger partial charge in [0.2, 0.25) is 0 Å². The standard InChI is InChI=1S/C5H12N2S/c1-5(4-8-3)7-6-2/h5H,4H2,1-3H3. The van der Waals surface area contributed by atoms with Gasteiger partial charge in [-0.15, -0.1) is 0 Å². The van der Waals surface area contributed by atoms with E-state index in [4.69, 9.17) is 0 Å². The molecule has 0 aromatic rings. The minimum absolute atomic E-state index is 0.384. The van der Waals surface area contributed by atoms with E-state index in [1.807, 2.05) is 0 Å². The van der Waals surface area contributed by atoms with E-state index in [1.165, 1.54) is 0 Å². The van der Waals surface area contributed by atoms with E-state index < -0.39 is 0 Å². The third-order valence-electron chi connectivity index (χ3n) is 0.720.